The standard InChI is InChI=1S/C15H15NO3S/c1-10-14-9-12(5-8-15(14)19-20(17)16-10)11-3-6-13(18-2)7-4-11/h3-10,16H,1-2H3. The third kappa shape index (κ3) is 2.42. The van der Waals surface area contributed by atoms with Gasteiger partial charge in [0.15, 0.2) is 0 Å². The molecule has 1 aliphatic heterocycles. The van der Waals surface area contributed by atoms with Crippen molar-refractivity contribution in [3.05, 3.63) is 48.0 Å². The summed E-state index contributed by atoms with van der Waals surface area (Å²) in [5, 5.41) is 0. The molecule has 0 saturated carbocycles. The van der Waals surface area contributed by atoms with Crippen molar-refractivity contribution < 1.29 is 13.1 Å². The van der Waals surface area contributed by atoms with Crippen LogP contribution in [0.1, 0.15) is 18.5 Å². The first-order valence-corrected chi connectivity index (χ1v) is 7.39. The quantitative estimate of drug-likeness (QED) is 0.924. The molecule has 20 heavy (non-hydrogen) atoms. The van der Waals surface area contributed by atoms with Gasteiger partial charge in [0.05, 0.1) is 7.11 Å². The summed E-state index contributed by atoms with van der Waals surface area (Å²) in [6, 6.07) is 13.8. The lowest BCUT2D eigenvalue weighted by Gasteiger charge is -2.23. The van der Waals surface area contributed by atoms with Gasteiger partial charge in [-0.05, 0) is 42.3 Å². The Kier molecular flexibility index (Phi) is 3.46. The van der Waals surface area contributed by atoms with Crippen LogP contribution in [0.4, 0.5) is 0 Å². The summed E-state index contributed by atoms with van der Waals surface area (Å²) in [4.78, 5) is 0. The lowest BCUT2D eigenvalue weighted by molar-refractivity contribution is 0.415. The molecular weight excluding hydrogens is 274 g/mol. The molecular formula is C15H15NO3S. The highest BCUT2D eigenvalue weighted by Gasteiger charge is 2.22. The van der Waals surface area contributed by atoms with Crippen LogP contribution < -0.4 is 13.6 Å². The average Bonchev–Trinajstić information content (AvgIpc) is 2.47. The van der Waals surface area contributed by atoms with Gasteiger partial charge in [-0.3, -0.25) is 0 Å². The number of hydrogen-bond acceptors (Lipinski definition) is 3. The molecule has 5 heteroatoms. The van der Waals surface area contributed by atoms with E-state index in [0.29, 0.717) is 5.75 Å². The minimum atomic E-state index is -1.45. The first-order valence-electron chi connectivity index (χ1n) is 6.32. The smallest absolute Gasteiger partial charge is 0.288 e. The van der Waals surface area contributed by atoms with E-state index in [4.69, 9.17) is 8.92 Å². The molecule has 3 rings (SSSR count). The summed E-state index contributed by atoms with van der Waals surface area (Å²) < 4.78 is 24.7. The summed E-state index contributed by atoms with van der Waals surface area (Å²) in [7, 11) is 1.65. The van der Waals surface area contributed by atoms with E-state index in [2.05, 4.69) is 10.8 Å². The summed E-state index contributed by atoms with van der Waals surface area (Å²) in [6.45, 7) is 1.97. The Bertz CT molecular complexity index is 655. The van der Waals surface area contributed by atoms with Crippen LogP contribution in [0.3, 0.4) is 0 Å². The third-order valence-electron chi connectivity index (χ3n) is 3.34. The highest BCUT2D eigenvalue weighted by molar-refractivity contribution is 7.78. The molecule has 4 nitrogen and oxygen atoms in total. The van der Waals surface area contributed by atoms with Crippen LogP contribution in [0, 0.1) is 0 Å². The van der Waals surface area contributed by atoms with Crippen LogP contribution in [0.5, 0.6) is 11.5 Å². The first-order chi connectivity index (χ1) is 9.67. The lowest BCUT2D eigenvalue weighted by Crippen LogP contribution is -2.30. The van der Waals surface area contributed by atoms with Crippen LogP contribution >= 0.6 is 0 Å². The SMILES string of the molecule is COc1ccc(-c2ccc3c(c2)C(C)NS(=O)O3)cc1. The molecule has 2 aromatic rings. The maximum Gasteiger partial charge on any atom is 0.288 e. The van der Waals surface area contributed by atoms with Gasteiger partial charge < -0.3 is 8.92 Å². The van der Waals surface area contributed by atoms with Gasteiger partial charge in [-0.2, -0.15) is 8.93 Å². The van der Waals surface area contributed by atoms with E-state index in [1.54, 1.807) is 7.11 Å². The van der Waals surface area contributed by atoms with Gasteiger partial charge in [0.25, 0.3) is 11.3 Å². The molecule has 0 saturated heterocycles. The molecule has 2 unspecified atom stereocenters. The second-order valence-corrected chi connectivity index (χ2v) is 5.51. The van der Waals surface area contributed by atoms with E-state index in [-0.39, 0.29) is 6.04 Å². The van der Waals surface area contributed by atoms with Crippen molar-refractivity contribution in [2.75, 3.05) is 7.11 Å². The highest BCUT2D eigenvalue weighted by atomic mass is 32.2. The minimum Gasteiger partial charge on any atom is -0.497 e. The van der Waals surface area contributed by atoms with Crippen molar-refractivity contribution in [2.45, 2.75) is 13.0 Å². The summed E-state index contributed by atoms with van der Waals surface area (Å²) in [6.07, 6.45) is 0. The number of methoxy groups -OCH3 is 1. The fourth-order valence-corrected chi connectivity index (χ4v) is 3.02. The topological polar surface area (TPSA) is 47.6 Å². The lowest BCUT2D eigenvalue weighted by atomic mass is 9.99. The van der Waals surface area contributed by atoms with Crippen molar-refractivity contribution in [2.24, 2.45) is 0 Å². The Morgan fingerprint density at radius 2 is 1.85 bits per heavy atom. The molecule has 104 valence electrons. The summed E-state index contributed by atoms with van der Waals surface area (Å²) in [5.74, 6) is 1.51. The molecule has 2 atom stereocenters. The van der Waals surface area contributed by atoms with Crippen molar-refractivity contribution in [3.63, 3.8) is 0 Å². The molecule has 0 spiro atoms. The predicted molar refractivity (Wildman–Crippen MR) is 78.8 cm³/mol. The number of hydrogen-bond donors (Lipinski definition) is 1. The van der Waals surface area contributed by atoms with Gasteiger partial charge in [0.2, 0.25) is 0 Å². The zero-order valence-corrected chi connectivity index (χ0v) is 12.1. The molecule has 1 heterocycles. The Hall–Kier alpha value is -1.85. The van der Waals surface area contributed by atoms with Crippen LogP contribution in [0.25, 0.3) is 11.1 Å². The van der Waals surface area contributed by atoms with Crippen molar-refractivity contribution in [1.82, 2.24) is 4.72 Å². The van der Waals surface area contributed by atoms with Gasteiger partial charge in [0.1, 0.15) is 11.5 Å². The molecule has 0 aliphatic carbocycles. The second kappa shape index (κ2) is 5.26. The van der Waals surface area contributed by atoms with Crippen LogP contribution in [0.15, 0.2) is 42.5 Å². The molecule has 1 aliphatic rings. The monoisotopic (exact) mass is 289 g/mol. The zero-order chi connectivity index (χ0) is 14.1. The van der Waals surface area contributed by atoms with E-state index < -0.39 is 11.3 Å². The maximum atomic E-state index is 11.4. The Morgan fingerprint density at radius 1 is 1.15 bits per heavy atom. The van der Waals surface area contributed by atoms with Crippen LogP contribution in [-0.4, -0.2) is 11.3 Å². The fourth-order valence-electron chi connectivity index (χ4n) is 2.24. The second-order valence-electron chi connectivity index (χ2n) is 4.64. The van der Waals surface area contributed by atoms with Gasteiger partial charge in [-0.1, -0.05) is 18.2 Å². The number of benzene rings is 2. The molecule has 0 amide bonds. The third-order valence-corrected chi connectivity index (χ3v) is 4.22. The largest absolute Gasteiger partial charge is 0.497 e. The van der Waals surface area contributed by atoms with E-state index in [9.17, 15) is 4.21 Å². The number of rotatable bonds is 2. The molecule has 2 aromatic carbocycles. The summed E-state index contributed by atoms with van der Waals surface area (Å²) >= 11 is -1.45. The van der Waals surface area contributed by atoms with Crippen LogP contribution in [0.2, 0.25) is 0 Å². The Morgan fingerprint density at radius 3 is 2.55 bits per heavy atom. The molecule has 0 aromatic heterocycles. The van der Waals surface area contributed by atoms with E-state index in [0.717, 1.165) is 22.4 Å². The normalized spacial score (nSPS) is 20.9. The van der Waals surface area contributed by atoms with E-state index >= 15 is 0 Å². The fraction of sp³-hybridized carbons (Fsp3) is 0.200. The van der Waals surface area contributed by atoms with Crippen molar-refractivity contribution in [3.8, 4) is 22.6 Å². The molecule has 1 N–H and O–H groups in total. The van der Waals surface area contributed by atoms with Gasteiger partial charge in [-0.15, -0.1) is 0 Å². The molecule has 0 bridgehead atoms. The highest BCUT2D eigenvalue weighted by Crippen LogP contribution is 2.34. The van der Waals surface area contributed by atoms with Crippen LogP contribution in [-0.2, 0) is 11.3 Å². The van der Waals surface area contributed by atoms with Gasteiger partial charge in [0, 0.05) is 11.6 Å². The van der Waals surface area contributed by atoms with Gasteiger partial charge in [-0.25, -0.2) is 0 Å². The van der Waals surface area contributed by atoms with Crippen molar-refractivity contribution in [1.29, 1.82) is 0 Å². The number of nitrogens with one attached hydrogen (secondary N) is 1. The predicted octanol–water partition coefficient (Wildman–Crippen LogP) is 2.98. The molecule has 0 radical (unpaired) electrons. The minimum absolute atomic E-state index is 0.00205. The average molecular weight is 289 g/mol. The van der Waals surface area contributed by atoms with Gasteiger partial charge >= 0.3 is 0 Å². The molecule has 0 fully saturated rings. The zero-order valence-electron chi connectivity index (χ0n) is 11.3. The summed E-state index contributed by atoms with van der Waals surface area (Å²) in [5.41, 5.74) is 3.21. The maximum absolute atomic E-state index is 11.4. The first kappa shape index (κ1) is 13.1. The number of fused-ring (bicyclic) bond motifs is 1. The number of ether oxygens (including phenoxy) is 1. The van der Waals surface area contributed by atoms with Crippen molar-refractivity contribution >= 4 is 11.3 Å². The van der Waals surface area contributed by atoms with E-state index in [1.807, 2.05) is 43.3 Å². The van der Waals surface area contributed by atoms with E-state index in [1.165, 1.54) is 0 Å². The Labute approximate surface area is 120 Å². The Balaban J connectivity index is 1.99.